The van der Waals surface area contributed by atoms with Crippen LogP contribution in [0.1, 0.15) is 16.1 Å². The van der Waals surface area contributed by atoms with Crippen molar-refractivity contribution < 1.29 is 14.4 Å². The van der Waals surface area contributed by atoms with E-state index in [9.17, 15) is 14.4 Å². The van der Waals surface area contributed by atoms with Gasteiger partial charge in [-0.1, -0.05) is 60.7 Å². The lowest BCUT2D eigenvalue weighted by molar-refractivity contribution is -0.141. The fraction of sp³-hybridized carbons (Fsp3) is 0.190. The fourth-order valence-electron chi connectivity index (χ4n) is 2.83. The molecule has 0 saturated heterocycles. The Morgan fingerprint density at radius 1 is 0.967 bits per heavy atom. The first kappa shape index (κ1) is 21.3. The van der Waals surface area contributed by atoms with Crippen molar-refractivity contribution in [2.24, 2.45) is 0 Å². The van der Waals surface area contributed by atoms with Crippen molar-refractivity contribution in [3.05, 3.63) is 71.9 Å². The minimum atomic E-state index is -1.05. The minimum absolute atomic E-state index is 0.116. The standard InChI is InChI=1S/C21H21N5O3S/c1-26(2)23-21(29)19(27)16(13-14-9-5-3-6-10-14)22-20(28)18-17(24-30-25-18)15-11-7-4-8-12-15/h3-12,16H,13H2,1-2H3,(H,22,28)(H,23,29). The van der Waals surface area contributed by atoms with E-state index in [0.29, 0.717) is 5.69 Å². The molecule has 0 fully saturated rings. The van der Waals surface area contributed by atoms with E-state index in [1.807, 2.05) is 60.7 Å². The Balaban J connectivity index is 1.84. The quantitative estimate of drug-likeness (QED) is 0.422. The van der Waals surface area contributed by atoms with E-state index in [1.54, 1.807) is 14.1 Å². The van der Waals surface area contributed by atoms with E-state index < -0.39 is 23.6 Å². The molecule has 0 bridgehead atoms. The van der Waals surface area contributed by atoms with Gasteiger partial charge in [0.15, 0.2) is 5.69 Å². The van der Waals surface area contributed by atoms with Crippen LogP contribution in [0.3, 0.4) is 0 Å². The third-order valence-corrected chi connectivity index (χ3v) is 4.73. The van der Waals surface area contributed by atoms with Crippen LogP contribution in [-0.4, -0.2) is 51.5 Å². The van der Waals surface area contributed by atoms with Crippen molar-refractivity contribution in [2.75, 3.05) is 14.1 Å². The predicted octanol–water partition coefficient (Wildman–Crippen LogP) is 1.71. The van der Waals surface area contributed by atoms with Gasteiger partial charge in [-0.25, -0.2) is 5.01 Å². The third kappa shape index (κ3) is 5.34. The van der Waals surface area contributed by atoms with Crippen LogP contribution in [0, 0.1) is 0 Å². The van der Waals surface area contributed by atoms with Gasteiger partial charge in [-0.3, -0.25) is 19.8 Å². The van der Waals surface area contributed by atoms with Crippen LogP contribution in [-0.2, 0) is 16.0 Å². The summed E-state index contributed by atoms with van der Waals surface area (Å²) in [7, 11) is 3.20. The number of nitrogens with one attached hydrogen (secondary N) is 2. The number of rotatable bonds is 8. The Kier molecular flexibility index (Phi) is 6.99. The van der Waals surface area contributed by atoms with Crippen molar-refractivity contribution in [1.29, 1.82) is 0 Å². The first-order valence-corrected chi connectivity index (χ1v) is 9.93. The number of nitrogens with zero attached hydrogens (tertiary/aromatic N) is 3. The van der Waals surface area contributed by atoms with E-state index >= 15 is 0 Å². The largest absolute Gasteiger partial charge is 0.340 e. The number of benzene rings is 2. The molecule has 3 aromatic rings. The van der Waals surface area contributed by atoms with Gasteiger partial charge in [-0.2, -0.15) is 8.75 Å². The summed E-state index contributed by atoms with van der Waals surface area (Å²) >= 11 is 0.912. The van der Waals surface area contributed by atoms with Gasteiger partial charge in [-0.05, 0) is 5.56 Å². The van der Waals surface area contributed by atoms with Crippen molar-refractivity contribution in [3.63, 3.8) is 0 Å². The molecule has 9 heteroatoms. The highest BCUT2D eigenvalue weighted by Crippen LogP contribution is 2.21. The third-order valence-electron chi connectivity index (χ3n) is 4.20. The summed E-state index contributed by atoms with van der Waals surface area (Å²) in [5.74, 6) is -2.11. The smallest absolute Gasteiger partial charge is 0.303 e. The van der Waals surface area contributed by atoms with Gasteiger partial charge in [-0.15, -0.1) is 0 Å². The maximum absolute atomic E-state index is 12.9. The lowest BCUT2D eigenvalue weighted by Crippen LogP contribution is -2.51. The lowest BCUT2D eigenvalue weighted by Gasteiger charge is -2.19. The van der Waals surface area contributed by atoms with Crippen LogP contribution in [0.5, 0.6) is 0 Å². The Labute approximate surface area is 178 Å². The maximum Gasteiger partial charge on any atom is 0.303 e. The van der Waals surface area contributed by atoms with Crippen LogP contribution >= 0.6 is 11.7 Å². The fourth-order valence-corrected chi connectivity index (χ4v) is 3.39. The molecule has 0 spiro atoms. The molecule has 2 aromatic carbocycles. The monoisotopic (exact) mass is 423 g/mol. The molecule has 154 valence electrons. The van der Waals surface area contributed by atoms with E-state index in [0.717, 1.165) is 22.9 Å². The zero-order valence-corrected chi connectivity index (χ0v) is 17.3. The molecule has 0 aliphatic heterocycles. The molecule has 0 radical (unpaired) electrons. The molecule has 8 nitrogen and oxygen atoms in total. The summed E-state index contributed by atoms with van der Waals surface area (Å²) in [6.07, 6.45) is 0.171. The zero-order valence-electron chi connectivity index (χ0n) is 16.5. The van der Waals surface area contributed by atoms with E-state index in [4.69, 9.17) is 0 Å². The second-order valence-corrected chi connectivity index (χ2v) is 7.27. The van der Waals surface area contributed by atoms with Crippen molar-refractivity contribution in [2.45, 2.75) is 12.5 Å². The van der Waals surface area contributed by atoms with E-state index in [1.165, 1.54) is 5.01 Å². The number of carbonyl (C=O) groups excluding carboxylic acids is 3. The molecule has 3 rings (SSSR count). The van der Waals surface area contributed by atoms with Gasteiger partial charge in [0.2, 0.25) is 5.78 Å². The number of hydrazine groups is 1. The van der Waals surface area contributed by atoms with Crippen molar-refractivity contribution >= 4 is 29.3 Å². The summed E-state index contributed by atoms with van der Waals surface area (Å²) < 4.78 is 8.32. The topological polar surface area (TPSA) is 104 Å². The summed E-state index contributed by atoms with van der Waals surface area (Å²) in [5.41, 5.74) is 4.53. The Hall–Kier alpha value is -3.43. The molecule has 0 aliphatic rings. The summed E-state index contributed by atoms with van der Waals surface area (Å²) in [6, 6.07) is 17.3. The Bertz CT molecular complexity index is 1020. The first-order valence-electron chi connectivity index (χ1n) is 9.20. The first-order chi connectivity index (χ1) is 14.5. The van der Waals surface area contributed by atoms with Crippen LogP contribution in [0.4, 0.5) is 0 Å². The minimum Gasteiger partial charge on any atom is -0.340 e. The second kappa shape index (κ2) is 9.86. The SMILES string of the molecule is CN(C)NC(=O)C(=O)C(Cc1ccccc1)NC(=O)c1nsnc1-c1ccccc1. The van der Waals surface area contributed by atoms with Gasteiger partial charge in [0.1, 0.15) is 11.7 Å². The highest BCUT2D eigenvalue weighted by Gasteiger charge is 2.29. The predicted molar refractivity (Wildman–Crippen MR) is 114 cm³/mol. The number of hydrogen-bond acceptors (Lipinski definition) is 7. The zero-order chi connectivity index (χ0) is 21.5. The molecule has 1 atom stereocenters. The number of ketones is 1. The molecule has 1 heterocycles. The molecule has 1 aromatic heterocycles. The average molecular weight is 423 g/mol. The average Bonchev–Trinajstić information content (AvgIpc) is 3.24. The number of hydrogen-bond donors (Lipinski definition) is 2. The van der Waals surface area contributed by atoms with Crippen molar-refractivity contribution in [1.82, 2.24) is 24.5 Å². The molecule has 1 unspecified atom stereocenters. The molecular weight excluding hydrogens is 402 g/mol. The normalized spacial score (nSPS) is 11.7. The van der Waals surface area contributed by atoms with Crippen LogP contribution in [0.25, 0.3) is 11.3 Å². The highest BCUT2D eigenvalue weighted by molar-refractivity contribution is 6.99. The van der Waals surface area contributed by atoms with Gasteiger partial charge in [0.25, 0.3) is 5.91 Å². The number of Topliss-reactive ketones (excluding diaryl/α,β-unsaturated/α-hetero) is 1. The Morgan fingerprint density at radius 2 is 1.60 bits per heavy atom. The van der Waals surface area contributed by atoms with E-state index in [2.05, 4.69) is 19.5 Å². The van der Waals surface area contributed by atoms with Gasteiger partial charge >= 0.3 is 5.91 Å². The van der Waals surface area contributed by atoms with Crippen LogP contribution in [0.2, 0.25) is 0 Å². The van der Waals surface area contributed by atoms with Crippen LogP contribution in [0.15, 0.2) is 60.7 Å². The molecule has 30 heavy (non-hydrogen) atoms. The summed E-state index contributed by atoms with van der Waals surface area (Å²) in [6.45, 7) is 0. The van der Waals surface area contributed by atoms with Gasteiger partial charge in [0.05, 0.1) is 11.7 Å². The lowest BCUT2D eigenvalue weighted by atomic mass is 10.0. The molecule has 2 amide bonds. The Morgan fingerprint density at radius 3 is 2.23 bits per heavy atom. The number of carbonyl (C=O) groups is 3. The number of aromatic nitrogens is 2. The molecule has 0 aliphatic carbocycles. The van der Waals surface area contributed by atoms with Crippen LogP contribution < -0.4 is 10.7 Å². The second-order valence-electron chi connectivity index (χ2n) is 6.74. The molecule has 0 saturated carbocycles. The van der Waals surface area contributed by atoms with E-state index in [-0.39, 0.29) is 12.1 Å². The molecular formula is C21H21N5O3S. The van der Waals surface area contributed by atoms with Crippen molar-refractivity contribution in [3.8, 4) is 11.3 Å². The maximum atomic E-state index is 12.9. The number of amides is 2. The highest BCUT2D eigenvalue weighted by atomic mass is 32.1. The summed E-state index contributed by atoms with van der Waals surface area (Å²) in [5, 5.41) is 4.04. The molecule has 2 N–H and O–H groups in total. The van der Waals surface area contributed by atoms with Gasteiger partial charge in [0, 0.05) is 26.1 Å². The van der Waals surface area contributed by atoms with Gasteiger partial charge < -0.3 is 5.32 Å². The summed E-state index contributed by atoms with van der Waals surface area (Å²) in [4.78, 5) is 38.0.